The number of fused-ring (bicyclic) bond motifs is 1. The molecule has 0 radical (unpaired) electrons. The number of hydrogen-bond donors (Lipinski definition) is 3. The molecule has 0 saturated heterocycles. The highest BCUT2D eigenvalue weighted by Crippen LogP contribution is 2.45. The number of aromatic hydroxyl groups is 3. The van der Waals surface area contributed by atoms with Gasteiger partial charge in [-0.25, -0.2) is 0 Å². The van der Waals surface area contributed by atoms with E-state index < -0.39 is 0 Å². The van der Waals surface area contributed by atoms with E-state index in [2.05, 4.69) is 0 Å². The first-order valence-electron chi connectivity index (χ1n) is 7.16. The summed E-state index contributed by atoms with van der Waals surface area (Å²) >= 11 is 0. The second kappa shape index (κ2) is 5.79. The molecule has 1 atom stereocenters. The van der Waals surface area contributed by atoms with Crippen molar-refractivity contribution < 1.29 is 29.5 Å². The van der Waals surface area contributed by atoms with E-state index in [4.69, 9.17) is 14.2 Å². The SMILES string of the molecule is COc1ccc(C2COc3cc(O)c(O)cc3C2)c(OC)c1O. The van der Waals surface area contributed by atoms with Crippen molar-refractivity contribution in [3.63, 3.8) is 0 Å². The minimum atomic E-state index is -0.207. The van der Waals surface area contributed by atoms with Gasteiger partial charge in [0.15, 0.2) is 23.0 Å². The molecule has 1 unspecified atom stereocenters. The second-order valence-electron chi connectivity index (χ2n) is 5.40. The third-order valence-electron chi connectivity index (χ3n) is 4.05. The summed E-state index contributed by atoms with van der Waals surface area (Å²) in [6, 6.07) is 6.41. The van der Waals surface area contributed by atoms with Gasteiger partial charge < -0.3 is 29.5 Å². The molecule has 3 N–H and O–H groups in total. The molecule has 0 aromatic heterocycles. The molecule has 122 valence electrons. The second-order valence-corrected chi connectivity index (χ2v) is 5.40. The van der Waals surface area contributed by atoms with Crippen molar-refractivity contribution in [3.8, 4) is 34.5 Å². The monoisotopic (exact) mass is 318 g/mol. The Kier molecular flexibility index (Phi) is 3.82. The molecular formula is C17H18O6. The Balaban J connectivity index is 1.98. The van der Waals surface area contributed by atoms with E-state index in [1.165, 1.54) is 26.4 Å². The molecule has 0 saturated carbocycles. The molecule has 1 aliphatic heterocycles. The van der Waals surface area contributed by atoms with Crippen LogP contribution in [0, 0.1) is 0 Å². The summed E-state index contributed by atoms with van der Waals surface area (Å²) in [5.41, 5.74) is 1.58. The molecule has 23 heavy (non-hydrogen) atoms. The minimum absolute atomic E-state index is 0.0492. The standard InChI is InChI=1S/C17H18O6/c1-21-14-4-3-11(17(22-2)16(14)20)10-5-9-6-12(18)13(19)7-15(9)23-8-10/h3-4,6-7,10,18-20H,5,8H2,1-2H3. The fourth-order valence-electron chi connectivity index (χ4n) is 2.88. The highest BCUT2D eigenvalue weighted by molar-refractivity contribution is 5.57. The normalized spacial score (nSPS) is 16.3. The lowest BCUT2D eigenvalue weighted by atomic mass is 9.89. The Bertz CT molecular complexity index is 740. The lowest BCUT2D eigenvalue weighted by Crippen LogP contribution is -2.19. The van der Waals surface area contributed by atoms with Gasteiger partial charge in [-0.2, -0.15) is 0 Å². The topological polar surface area (TPSA) is 88.4 Å². The van der Waals surface area contributed by atoms with Crippen LogP contribution in [-0.2, 0) is 6.42 Å². The summed E-state index contributed by atoms with van der Waals surface area (Å²) < 4.78 is 16.1. The predicted molar refractivity (Wildman–Crippen MR) is 82.9 cm³/mol. The van der Waals surface area contributed by atoms with E-state index in [-0.39, 0.29) is 23.2 Å². The fraction of sp³-hybridized carbons (Fsp3) is 0.294. The lowest BCUT2D eigenvalue weighted by molar-refractivity contribution is 0.254. The first-order chi connectivity index (χ1) is 11.0. The summed E-state index contributed by atoms with van der Waals surface area (Å²) in [6.07, 6.45) is 0.589. The Morgan fingerprint density at radius 1 is 1.04 bits per heavy atom. The molecule has 6 heteroatoms. The summed E-state index contributed by atoms with van der Waals surface area (Å²) in [5, 5.41) is 29.4. The molecule has 1 heterocycles. The molecule has 0 amide bonds. The van der Waals surface area contributed by atoms with Crippen LogP contribution in [0.1, 0.15) is 17.0 Å². The molecule has 0 fully saturated rings. The molecule has 3 rings (SSSR count). The van der Waals surface area contributed by atoms with Crippen LogP contribution in [0.25, 0.3) is 0 Å². The zero-order valence-corrected chi connectivity index (χ0v) is 12.9. The van der Waals surface area contributed by atoms with Crippen molar-refractivity contribution in [2.75, 3.05) is 20.8 Å². The summed E-state index contributed by atoms with van der Waals surface area (Å²) in [4.78, 5) is 0. The third kappa shape index (κ3) is 2.56. The number of ether oxygens (including phenoxy) is 3. The highest BCUT2D eigenvalue weighted by Gasteiger charge is 2.27. The van der Waals surface area contributed by atoms with E-state index in [1.54, 1.807) is 6.07 Å². The number of phenols is 3. The van der Waals surface area contributed by atoms with Crippen LogP contribution in [-0.4, -0.2) is 36.1 Å². The van der Waals surface area contributed by atoms with Crippen molar-refractivity contribution in [1.29, 1.82) is 0 Å². The number of rotatable bonds is 3. The van der Waals surface area contributed by atoms with Gasteiger partial charge in [-0.05, 0) is 24.1 Å². The first-order valence-corrected chi connectivity index (χ1v) is 7.16. The van der Waals surface area contributed by atoms with Gasteiger partial charge in [0.2, 0.25) is 5.75 Å². The maximum atomic E-state index is 10.2. The molecule has 0 aliphatic carbocycles. The average Bonchev–Trinajstić information content (AvgIpc) is 2.55. The average molecular weight is 318 g/mol. The number of hydrogen-bond acceptors (Lipinski definition) is 6. The smallest absolute Gasteiger partial charge is 0.201 e. The van der Waals surface area contributed by atoms with Crippen LogP contribution in [0.5, 0.6) is 34.5 Å². The van der Waals surface area contributed by atoms with Crippen LogP contribution in [0.15, 0.2) is 24.3 Å². The van der Waals surface area contributed by atoms with Crippen LogP contribution in [0.3, 0.4) is 0 Å². The number of phenolic OH excluding ortho intramolecular Hbond substituents is 3. The zero-order chi connectivity index (χ0) is 16.6. The van der Waals surface area contributed by atoms with Crippen LogP contribution < -0.4 is 14.2 Å². The van der Waals surface area contributed by atoms with Gasteiger partial charge in [0.25, 0.3) is 0 Å². The van der Waals surface area contributed by atoms with Crippen molar-refractivity contribution >= 4 is 0 Å². The maximum absolute atomic E-state index is 10.2. The Labute approximate surface area is 133 Å². The van der Waals surface area contributed by atoms with Gasteiger partial charge in [0.05, 0.1) is 20.8 Å². The molecular weight excluding hydrogens is 300 g/mol. The van der Waals surface area contributed by atoms with Gasteiger partial charge in [0.1, 0.15) is 5.75 Å². The summed E-state index contributed by atoms with van der Waals surface area (Å²) in [6.45, 7) is 0.374. The van der Waals surface area contributed by atoms with E-state index in [0.717, 1.165) is 11.1 Å². The summed E-state index contributed by atoms with van der Waals surface area (Å²) in [7, 11) is 2.96. The minimum Gasteiger partial charge on any atom is -0.504 e. The van der Waals surface area contributed by atoms with Crippen molar-refractivity contribution in [3.05, 3.63) is 35.4 Å². The van der Waals surface area contributed by atoms with E-state index in [1.807, 2.05) is 6.07 Å². The predicted octanol–water partition coefficient (Wildman–Crippen LogP) is 2.54. The Morgan fingerprint density at radius 3 is 2.48 bits per heavy atom. The van der Waals surface area contributed by atoms with Gasteiger partial charge in [-0.15, -0.1) is 0 Å². The van der Waals surface area contributed by atoms with Crippen molar-refractivity contribution in [2.45, 2.75) is 12.3 Å². The molecule has 0 bridgehead atoms. The van der Waals surface area contributed by atoms with Gasteiger partial charge in [0, 0.05) is 17.5 Å². The van der Waals surface area contributed by atoms with Crippen molar-refractivity contribution in [2.24, 2.45) is 0 Å². The van der Waals surface area contributed by atoms with Crippen molar-refractivity contribution in [1.82, 2.24) is 0 Å². The zero-order valence-electron chi connectivity index (χ0n) is 12.9. The Morgan fingerprint density at radius 2 is 1.78 bits per heavy atom. The van der Waals surface area contributed by atoms with E-state index in [9.17, 15) is 15.3 Å². The highest BCUT2D eigenvalue weighted by atomic mass is 16.5. The van der Waals surface area contributed by atoms with Crippen LogP contribution in [0.4, 0.5) is 0 Å². The van der Waals surface area contributed by atoms with E-state index >= 15 is 0 Å². The Hall–Kier alpha value is -2.76. The van der Waals surface area contributed by atoms with Crippen LogP contribution in [0.2, 0.25) is 0 Å². The van der Waals surface area contributed by atoms with Gasteiger partial charge in [-0.1, -0.05) is 6.07 Å². The molecule has 1 aliphatic rings. The van der Waals surface area contributed by atoms with Gasteiger partial charge in [-0.3, -0.25) is 0 Å². The molecule has 6 nitrogen and oxygen atoms in total. The van der Waals surface area contributed by atoms with E-state index in [0.29, 0.717) is 30.3 Å². The fourth-order valence-corrected chi connectivity index (χ4v) is 2.88. The molecule has 2 aromatic rings. The third-order valence-corrected chi connectivity index (χ3v) is 4.05. The largest absolute Gasteiger partial charge is 0.504 e. The quantitative estimate of drug-likeness (QED) is 0.754. The molecule has 2 aromatic carbocycles. The van der Waals surface area contributed by atoms with Crippen LogP contribution >= 0.6 is 0 Å². The lowest BCUT2D eigenvalue weighted by Gasteiger charge is -2.27. The number of methoxy groups -OCH3 is 2. The van der Waals surface area contributed by atoms with Gasteiger partial charge >= 0.3 is 0 Å². The maximum Gasteiger partial charge on any atom is 0.201 e. The first kappa shape index (κ1) is 15.1. The number of benzene rings is 2. The summed E-state index contributed by atoms with van der Waals surface area (Å²) in [5.74, 6) is 0.743. The molecule has 0 spiro atoms.